The zero-order valence-electron chi connectivity index (χ0n) is 11.2. The van der Waals surface area contributed by atoms with Crippen LogP contribution >= 0.6 is 0 Å². The van der Waals surface area contributed by atoms with Crippen LogP contribution in [0.25, 0.3) is 0 Å². The molecule has 0 aliphatic heterocycles. The normalized spacial score (nSPS) is 20.2. The first kappa shape index (κ1) is 14.5. The molecule has 0 heterocycles. The van der Waals surface area contributed by atoms with Gasteiger partial charge in [0.25, 0.3) is 0 Å². The smallest absolute Gasteiger partial charge is 0.338 e. The number of esters is 1. The Kier molecular flexibility index (Phi) is 5.96. The van der Waals surface area contributed by atoms with Crippen molar-refractivity contribution in [3.05, 3.63) is 0 Å². The molecule has 17 heavy (non-hydrogen) atoms. The van der Waals surface area contributed by atoms with Gasteiger partial charge < -0.3 is 9.84 Å². The fourth-order valence-electron chi connectivity index (χ4n) is 2.39. The summed E-state index contributed by atoms with van der Waals surface area (Å²) >= 11 is 0. The number of hydrogen-bond donors (Lipinski definition) is 1. The summed E-state index contributed by atoms with van der Waals surface area (Å²) in [5, 5.41) is 10.0. The lowest BCUT2D eigenvalue weighted by molar-refractivity contribution is -0.166. The summed E-state index contributed by atoms with van der Waals surface area (Å²) in [5.41, 5.74) is -1.18. The van der Waals surface area contributed by atoms with Gasteiger partial charge in [-0.25, -0.2) is 4.79 Å². The molecule has 0 bridgehead atoms. The third kappa shape index (κ3) is 4.30. The molecule has 1 rings (SSSR count). The Morgan fingerprint density at radius 1 is 1.35 bits per heavy atom. The second-order valence-corrected chi connectivity index (χ2v) is 5.25. The van der Waals surface area contributed by atoms with Crippen LogP contribution in [0.1, 0.15) is 65.2 Å². The van der Waals surface area contributed by atoms with Gasteiger partial charge >= 0.3 is 5.97 Å². The summed E-state index contributed by atoms with van der Waals surface area (Å²) < 4.78 is 5.29. The predicted octanol–water partition coefficient (Wildman–Crippen LogP) is 3.05. The SMILES string of the molecule is CCCCC(CC)COC(=O)C1(O)CCCC1. The van der Waals surface area contributed by atoms with Crippen LogP contribution < -0.4 is 0 Å². The maximum atomic E-state index is 11.8. The number of carbonyl (C=O) groups excluding carboxylic acids is 1. The number of hydrogen-bond acceptors (Lipinski definition) is 3. The molecule has 0 aromatic rings. The van der Waals surface area contributed by atoms with Crippen LogP contribution in [-0.2, 0) is 9.53 Å². The topological polar surface area (TPSA) is 46.5 Å². The van der Waals surface area contributed by atoms with Crippen molar-refractivity contribution in [3.63, 3.8) is 0 Å². The van der Waals surface area contributed by atoms with Gasteiger partial charge in [0.05, 0.1) is 6.61 Å². The van der Waals surface area contributed by atoms with Gasteiger partial charge in [-0.1, -0.05) is 33.1 Å². The first-order chi connectivity index (χ1) is 8.12. The van der Waals surface area contributed by atoms with Crippen molar-refractivity contribution in [1.29, 1.82) is 0 Å². The minimum atomic E-state index is -1.18. The molecular formula is C14H26O3. The maximum absolute atomic E-state index is 11.8. The van der Waals surface area contributed by atoms with Crippen molar-refractivity contribution in [2.24, 2.45) is 5.92 Å². The highest BCUT2D eigenvalue weighted by Gasteiger charge is 2.40. The molecule has 1 atom stereocenters. The summed E-state index contributed by atoms with van der Waals surface area (Å²) in [5.74, 6) is 0.0499. The van der Waals surface area contributed by atoms with E-state index in [0.29, 0.717) is 25.4 Å². The minimum absolute atomic E-state index is 0.398. The molecule has 1 unspecified atom stereocenters. The van der Waals surface area contributed by atoms with Gasteiger partial charge in [0.2, 0.25) is 0 Å². The Morgan fingerprint density at radius 2 is 2.00 bits per heavy atom. The Hall–Kier alpha value is -0.570. The van der Waals surface area contributed by atoms with Crippen LogP contribution in [0.4, 0.5) is 0 Å². The van der Waals surface area contributed by atoms with E-state index in [-0.39, 0.29) is 0 Å². The summed E-state index contributed by atoms with van der Waals surface area (Å²) in [6, 6.07) is 0. The second kappa shape index (κ2) is 7.00. The summed E-state index contributed by atoms with van der Waals surface area (Å²) in [6.45, 7) is 4.76. The fourth-order valence-corrected chi connectivity index (χ4v) is 2.39. The van der Waals surface area contributed by atoms with Gasteiger partial charge in [-0.15, -0.1) is 0 Å². The molecule has 1 fully saturated rings. The van der Waals surface area contributed by atoms with Crippen LogP contribution in [0.5, 0.6) is 0 Å². The minimum Gasteiger partial charge on any atom is -0.463 e. The number of unbranched alkanes of at least 4 members (excludes halogenated alkanes) is 1. The van der Waals surface area contributed by atoms with Crippen molar-refractivity contribution < 1.29 is 14.6 Å². The lowest BCUT2D eigenvalue weighted by Crippen LogP contribution is -2.37. The van der Waals surface area contributed by atoms with E-state index < -0.39 is 11.6 Å². The number of aliphatic hydroxyl groups is 1. The molecule has 0 aromatic carbocycles. The largest absolute Gasteiger partial charge is 0.463 e. The molecule has 0 aromatic heterocycles. The molecule has 3 heteroatoms. The first-order valence-corrected chi connectivity index (χ1v) is 7.02. The quantitative estimate of drug-likeness (QED) is 0.698. The summed E-state index contributed by atoms with van der Waals surface area (Å²) in [6.07, 6.45) is 7.49. The van der Waals surface area contributed by atoms with E-state index in [0.717, 1.165) is 25.7 Å². The van der Waals surface area contributed by atoms with Crippen molar-refractivity contribution >= 4 is 5.97 Å². The fraction of sp³-hybridized carbons (Fsp3) is 0.929. The van der Waals surface area contributed by atoms with Crippen molar-refractivity contribution in [2.75, 3.05) is 6.61 Å². The summed E-state index contributed by atoms with van der Waals surface area (Å²) in [4.78, 5) is 11.8. The molecular weight excluding hydrogens is 216 g/mol. The van der Waals surface area contributed by atoms with Crippen molar-refractivity contribution in [2.45, 2.75) is 70.8 Å². The van der Waals surface area contributed by atoms with Gasteiger partial charge in [-0.2, -0.15) is 0 Å². The molecule has 0 amide bonds. The monoisotopic (exact) mass is 242 g/mol. The van der Waals surface area contributed by atoms with Crippen molar-refractivity contribution in [1.82, 2.24) is 0 Å². The first-order valence-electron chi connectivity index (χ1n) is 7.02. The maximum Gasteiger partial charge on any atom is 0.338 e. The number of rotatable bonds is 7. The molecule has 1 aliphatic rings. The van der Waals surface area contributed by atoms with Gasteiger partial charge in [0.1, 0.15) is 0 Å². The molecule has 3 nitrogen and oxygen atoms in total. The van der Waals surface area contributed by atoms with Crippen LogP contribution in [0.3, 0.4) is 0 Å². The van der Waals surface area contributed by atoms with E-state index in [1.54, 1.807) is 0 Å². The van der Waals surface area contributed by atoms with E-state index >= 15 is 0 Å². The van der Waals surface area contributed by atoms with Crippen LogP contribution in [-0.4, -0.2) is 23.3 Å². The lowest BCUT2D eigenvalue weighted by Gasteiger charge is -2.22. The van der Waals surface area contributed by atoms with E-state index in [1.165, 1.54) is 12.8 Å². The standard InChI is InChI=1S/C14H26O3/c1-3-5-8-12(4-2)11-17-13(15)14(16)9-6-7-10-14/h12,16H,3-11H2,1-2H3. The Balaban J connectivity index is 2.30. The highest BCUT2D eigenvalue weighted by Crippen LogP contribution is 2.30. The number of ether oxygens (including phenoxy) is 1. The molecule has 1 aliphatic carbocycles. The Morgan fingerprint density at radius 3 is 2.53 bits per heavy atom. The highest BCUT2D eigenvalue weighted by molar-refractivity contribution is 5.79. The van der Waals surface area contributed by atoms with E-state index in [4.69, 9.17) is 4.74 Å². The summed E-state index contributed by atoms with van der Waals surface area (Å²) in [7, 11) is 0. The van der Waals surface area contributed by atoms with Gasteiger partial charge in [-0.3, -0.25) is 0 Å². The third-order valence-electron chi connectivity index (χ3n) is 3.80. The van der Waals surface area contributed by atoms with E-state index in [1.807, 2.05) is 0 Å². The van der Waals surface area contributed by atoms with Gasteiger partial charge in [0, 0.05) is 0 Å². The Labute approximate surface area is 105 Å². The predicted molar refractivity (Wildman–Crippen MR) is 67.7 cm³/mol. The van der Waals surface area contributed by atoms with Crippen LogP contribution in [0, 0.1) is 5.92 Å². The highest BCUT2D eigenvalue weighted by atomic mass is 16.5. The molecule has 1 saturated carbocycles. The average Bonchev–Trinajstić information content (AvgIpc) is 2.77. The lowest BCUT2D eigenvalue weighted by atomic mass is 10.00. The van der Waals surface area contributed by atoms with Crippen molar-refractivity contribution in [3.8, 4) is 0 Å². The number of carbonyl (C=O) groups is 1. The average molecular weight is 242 g/mol. The van der Waals surface area contributed by atoms with Crippen LogP contribution in [0.15, 0.2) is 0 Å². The molecule has 0 spiro atoms. The van der Waals surface area contributed by atoms with E-state index in [2.05, 4.69) is 13.8 Å². The second-order valence-electron chi connectivity index (χ2n) is 5.25. The third-order valence-corrected chi connectivity index (χ3v) is 3.80. The van der Waals surface area contributed by atoms with Gasteiger partial charge in [0.15, 0.2) is 5.60 Å². The Bertz CT molecular complexity index is 232. The molecule has 0 saturated heterocycles. The zero-order valence-corrected chi connectivity index (χ0v) is 11.2. The molecule has 100 valence electrons. The van der Waals surface area contributed by atoms with E-state index in [9.17, 15) is 9.90 Å². The molecule has 0 radical (unpaired) electrons. The van der Waals surface area contributed by atoms with Gasteiger partial charge in [-0.05, 0) is 38.0 Å². The molecule has 1 N–H and O–H groups in total. The zero-order chi connectivity index (χ0) is 12.7. The van der Waals surface area contributed by atoms with Crippen LogP contribution in [0.2, 0.25) is 0 Å².